The molecule has 1 amide bonds. The molecule has 0 fully saturated rings. The third-order valence-electron chi connectivity index (χ3n) is 3.66. The number of hydrogen-bond acceptors (Lipinski definition) is 4. The maximum Gasteiger partial charge on any atom is 0.299 e. The molecule has 2 aromatic carbocycles. The molecule has 106 valence electrons. The molecule has 0 N–H and O–H groups in total. The first-order valence-electron chi connectivity index (χ1n) is 6.81. The van der Waals surface area contributed by atoms with Gasteiger partial charge in [0.15, 0.2) is 0 Å². The number of aromatic nitrogens is 1. The highest BCUT2D eigenvalue weighted by Crippen LogP contribution is 2.40. The van der Waals surface area contributed by atoms with E-state index in [0.717, 1.165) is 16.5 Å². The zero-order chi connectivity index (χ0) is 15.1. The molecule has 1 aromatic heterocycles. The molecule has 2 heterocycles. The fourth-order valence-corrected chi connectivity index (χ4v) is 2.63. The van der Waals surface area contributed by atoms with E-state index in [-0.39, 0.29) is 5.91 Å². The molecule has 0 unspecified atom stereocenters. The van der Waals surface area contributed by atoms with E-state index >= 15 is 0 Å². The molecular weight excluding hydrogens is 278 g/mol. The molecule has 0 aliphatic carbocycles. The van der Waals surface area contributed by atoms with E-state index in [1.165, 1.54) is 0 Å². The van der Waals surface area contributed by atoms with Crippen molar-refractivity contribution in [2.45, 2.75) is 0 Å². The van der Waals surface area contributed by atoms with Crippen LogP contribution >= 0.6 is 0 Å². The van der Waals surface area contributed by atoms with E-state index in [1.54, 1.807) is 7.11 Å². The van der Waals surface area contributed by atoms with E-state index in [2.05, 4.69) is 15.2 Å². The molecule has 4 rings (SSSR count). The zero-order valence-electron chi connectivity index (χ0n) is 11.8. The molecule has 0 saturated heterocycles. The van der Waals surface area contributed by atoms with Gasteiger partial charge in [-0.15, -0.1) is 10.2 Å². The Bertz CT molecular complexity index is 948. The van der Waals surface area contributed by atoms with Crippen LogP contribution in [0.15, 0.2) is 58.8 Å². The van der Waals surface area contributed by atoms with Crippen LogP contribution in [-0.4, -0.2) is 18.0 Å². The van der Waals surface area contributed by atoms with E-state index in [1.807, 2.05) is 48.5 Å². The lowest BCUT2D eigenvalue weighted by atomic mass is 10.0. The van der Waals surface area contributed by atoms with E-state index < -0.39 is 0 Å². The lowest BCUT2D eigenvalue weighted by Crippen LogP contribution is -1.98. The van der Waals surface area contributed by atoms with Crippen molar-refractivity contribution >= 4 is 22.5 Å². The Morgan fingerprint density at radius 2 is 1.86 bits per heavy atom. The number of carbonyl (C=O) groups is 1. The molecule has 1 aliphatic rings. The van der Waals surface area contributed by atoms with Gasteiger partial charge in [0.1, 0.15) is 11.4 Å². The van der Waals surface area contributed by atoms with Crippen molar-refractivity contribution in [3.63, 3.8) is 0 Å². The number of azo groups is 1. The number of rotatable bonds is 2. The van der Waals surface area contributed by atoms with Gasteiger partial charge in [0.25, 0.3) is 5.91 Å². The van der Waals surface area contributed by atoms with Crippen molar-refractivity contribution in [2.24, 2.45) is 10.2 Å². The first kappa shape index (κ1) is 12.6. The molecule has 0 radical (unpaired) electrons. The monoisotopic (exact) mass is 289 g/mol. The highest BCUT2D eigenvalue weighted by Gasteiger charge is 2.26. The van der Waals surface area contributed by atoms with Gasteiger partial charge >= 0.3 is 0 Å². The summed E-state index contributed by atoms with van der Waals surface area (Å²) in [4.78, 5) is 16.8. The highest BCUT2D eigenvalue weighted by atomic mass is 16.5. The van der Waals surface area contributed by atoms with Crippen LogP contribution in [0, 0.1) is 0 Å². The van der Waals surface area contributed by atoms with Gasteiger partial charge in [0, 0.05) is 10.9 Å². The van der Waals surface area contributed by atoms with Crippen molar-refractivity contribution in [3.8, 4) is 17.0 Å². The second-order valence-corrected chi connectivity index (χ2v) is 4.94. The van der Waals surface area contributed by atoms with Gasteiger partial charge in [0.2, 0.25) is 0 Å². The van der Waals surface area contributed by atoms with Crippen molar-refractivity contribution in [2.75, 3.05) is 7.11 Å². The van der Waals surface area contributed by atoms with Gasteiger partial charge in [-0.1, -0.05) is 30.3 Å². The SMILES string of the molecule is COc1cccc(-c2nc3ccccc3c3c2C(=O)N=N3)c1. The van der Waals surface area contributed by atoms with Crippen LogP contribution in [0.3, 0.4) is 0 Å². The molecule has 5 heteroatoms. The van der Waals surface area contributed by atoms with Gasteiger partial charge in [-0.25, -0.2) is 4.98 Å². The maximum absolute atomic E-state index is 12.1. The van der Waals surface area contributed by atoms with Crippen LogP contribution < -0.4 is 4.74 Å². The summed E-state index contributed by atoms with van der Waals surface area (Å²) in [5.41, 5.74) is 3.22. The summed E-state index contributed by atoms with van der Waals surface area (Å²) in [5.74, 6) is 0.353. The minimum atomic E-state index is -0.355. The minimum Gasteiger partial charge on any atom is -0.497 e. The maximum atomic E-state index is 12.1. The summed E-state index contributed by atoms with van der Waals surface area (Å²) in [6, 6.07) is 15.1. The Kier molecular flexibility index (Phi) is 2.72. The first-order chi connectivity index (χ1) is 10.8. The summed E-state index contributed by atoms with van der Waals surface area (Å²) in [6.07, 6.45) is 0. The number of hydrogen-bond donors (Lipinski definition) is 0. The van der Waals surface area contributed by atoms with E-state index in [9.17, 15) is 4.79 Å². The average molecular weight is 289 g/mol. The summed E-state index contributed by atoms with van der Waals surface area (Å²) in [6.45, 7) is 0. The standard InChI is InChI=1S/C17H11N3O2/c1-22-11-6-4-5-10(9-11)15-14-16(19-20-17(14)21)12-7-2-3-8-13(12)18-15/h2-9H,1H3. The zero-order valence-corrected chi connectivity index (χ0v) is 11.8. The summed E-state index contributed by atoms with van der Waals surface area (Å²) in [5, 5.41) is 8.57. The molecular formula is C17H11N3O2. The fraction of sp³-hybridized carbons (Fsp3) is 0.0588. The average Bonchev–Trinajstić information content (AvgIpc) is 2.96. The Balaban J connectivity index is 2.06. The van der Waals surface area contributed by atoms with Crippen molar-refractivity contribution in [1.82, 2.24) is 4.98 Å². The molecule has 0 atom stereocenters. The number of amides is 1. The Morgan fingerprint density at radius 1 is 1.00 bits per heavy atom. The number of benzene rings is 2. The van der Waals surface area contributed by atoms with Crippen LogP contribution in [0.2, 0.25) is 0 Å². The molecule has 22 heavy (non-hydrogen) atoms. The Morgan fingerprint density at radius 3 is 2.73 bits per heavy atom. The number of ether oxygens (including phenoxy) is 1. The van der Waals surface area contributed by atoms with Crippen molar-refractivity contribution in [1.29, 1.82) is 0 Å². The number of carbonyl (C=O) groups excluding carboxylic acids is 1. The van der Waals surface area contributed by atoms with Gasteiger partial charge < -0.3 is 4.74 Å². The molecule has 5 nitrogen and oxygen atoms in total. The highest BCUT2D eigenvalue weighted by molar-refractivity contribution is 6.13. The Labute approximate surface area is 126 Å². The number of pyridine rings is 1. The first-order valence-corrected chi connectivity index (χ1v) is 6.81. The quantitative estimate of drug-likeness (QED) is 0.712. The smallest absolute Gasteiger partial charge is 0.299 e. The van der Waals surface area contributed by atoms with Crippen molar-refractivity contribution < 1.29 is 9.53 Å². The van der Waals surface area contributed by atoms with Crippen LogP contribution in [0.25, 0.3) is 22.2 Å². The minimum absolute atomic E-state index is 0.355. The van der Waals surface area contributed by atoms with E-state index in [4.69, 9.17) is 4.74 Å². The summed E-state index contributed by atoms with van der Waals surface area (Å²) >= 11 is 0. The van der Waals surface area contributed by atoms with Crippen molar-refractivity contribution in [3.05, 3.63) is 54.1 Å². The van der Waals surface area contributed by atoms with Crippen LogP contribution in [0.1, 0.15) is 10.4 Å². The van der Waals surface area contributed by atoms with Gasteiger partial charge in [0.05, 0.1) is 23.9 Å². The summed E-state index contributed by atoms with van der Waals surface area (Å²) < 4.78 is 5.25. The molecule has 0 saturated carbocycles. The normalized spacial score (nSPS) is 12.7. The second kappa shape index (κ2) is 4.73. The predicted octanol–water partition coefficient (Wildman–Crippen LogP) is 4.15. The lowest BCUT2D eigenvalue weighted by molar-refractivity contribution is 0.100. The number of para-hydroxylation sites is 1. The molecule has 3 aromatic rings. The third kappa shape index (κ3) is 1.79. The number of fused-ring (bicyclic) bond motifs is 3. The summed E-state index contributed by atoms with van der Waals surface area (Å²) in [7, 11) is 1.60. The van der Waals surface area contributed by atoms with E-state index in [0.29, 0.717) is 22.7 Å². The Hall–Kier alpha value is -3.08. The fourth-order valence-electron chi connectivity index (χ4n) is 2.63. The number of nitrogens with zero attached hydrogens (tertiary/aromatic N) is 3. The predicted molar refractivity (Wildman–Crippen MR) is 82.6 cm³/mol. The molecule has 0 spiro atoms. The largest absolute Gasteiger partial charge is 0.497 e. The van der Waals surface area contributed by atoms with Gasteiger partial charge in [-0.2, -0.15) is 0 Å². The van der Waals surface area contributed by atoms with Crippen LogP contribution in [-0.2, 0) is 0 Å². The lowest BCUT2D eigenvalue weighted by Gasteiger charge is -2.09. The second-order valence-electron chi connectivity index (χ2n) is 4.94. The number of methoxy groups -OCH3 is 1. The third-order valence-corrected chi connectivity index (χ3v) is 3.66. The van der Waals surface area contributed by atoms with Crippen LogP contribution in [0.5, 0.6) is 5.75 Å². The van der Waals surface area contributed by atoms with Gasteiger partial charge in [-0.05, 0) is 18.2 Å². The topological polar surface area (TPSA) is 63.9 Å². The van der Waals surface area contributed by atoms with Gasteiger partial charge in [-0.3, -0.25) is 4.79 Å². The molecule has 1 aliphatic heterocycles. The van der Waals surface area contributed by atoms with Crippen LogP contribution in [0.4, 0.5) is 5.69 Å². The molecule has 0 bridgehead atoms.